The number of aliphatic carboxylic acids is 1. The highest BCUT2D eigenvalue weighted by Gasteiger charge is 2.35. The zero-order valence-electron chi connectivity index (χ0n) is 9.11. The van der Waals surface area contributed by atoms with Crippen LogP contribution >= 0.6 is 0 Å². The van der Waals surface area contributed by atoms with Crippen LogP contribution in [-0.2, 0) is 9.53 Å². The number of nitrogens with zero attached hydrogens (tertiary/aromatic N) is 1. The fourth-order valence-corrected chi connectivity index (χ4v) is 1.75. The molecule has 0 radical (unpaired) electrons. The SMILES string of the molecule is COC(=O)N1CC=C(C(=O)O)C(C)(C)C1. The highest BCUT2D eigenvalue weighted by atomic mass is 16.5. The molecule has 1 rings (SSSR count). The maximum absolute atomic E-state index is 11.3. The molecule has 1 amide bonds. The van der Waals surface area contributed by atoms with E-state index in [2.05, 4.69) is 4.74 Å². The van der Waals surface area contributed by atoms with Gasteiger partial charge >= 0.3 is 12.1 Å². The smallest absolute Gasteiger partial charge is 0.409 e. The number of methoxy groups -OCH3 is 1. The van der Waals surface area contributed by atoms with Crippen molar-refractivity contribution >= 4 is 12.1 Å². The van der Waals surface area contributed by atoms with Gasteiger partial charge in [-0.15, -0.1) is 0 Å². The van der Waals surface area contributed by atoms with Gasteiger partial charge in [-0.1, -0.05) is 19.9 Å². The third kappa shape index (κ3) is 2.29. The lowest BCUT2D eigenvalue weighted by Gasteiger charge is -2.35. The van der Waals surface area contributed by atoms with E-state index in [-0.39, 0.29) is 6.54 Å². The van der Waals surface area contributed by atoms with Crippen molar-refractivity contribution < 1.29 is 19.4 Å². The summed E-state index contributed by atoms with van der Waals surface area (Å²) in [7, 11) is 1.31. The highest BCUT2D eigenvalue weighted by molar-refractivity contribution is 5.88. The summed E-state index contributed by atoms with van der Waals surface area (Å²) in [4.78, 5) is 23.6. The molecule has 0 saturated carbocycles. The molecule has 0 atom stereocenters. The van der Waals surface area contributed by atoms with Crippen LogP contribution in [0.2, 0.25) is 0 Å². The van der Waals surface area contributed by atoms with E-state index >= 15 is 0 Å². The van der Waals surface area contributed by atoms with Crippen molar-refractivity contribution in [3.05, 3.63) is 11.6 Å². The maximum Gasteiger partial charge on any atom is 0.409 e. The number of hydrogen-bond donors (Lipinski definition) is 1. The van der Waals surface area contributed by atoms with Crippen LogP contribution in [0.5, 0.6) is 0 Å². The molecule has 0 aromatic carbocycles. The Kier molecular flexibility index (Phi) is 3.02. The van der Waals surface area contributed by atoms with E-state index in [0.717, 1.165) is 0 Å². The lowest BCUT2D eigenvalue weighted by atomic mass is 9.81. The van der Waals surface area contributed by atoms with Gasteiger partial charge in [0, 0.05) is 24.1 Å². The minimum atomic E-state index is -0.926. The molecule has 5 nitrogen and oxygen atoms in total. The van der Waals surface area contributed by atoms with Crippen LogP contribution in [0.3, 0.4) is 0 Å². The third-order valence-electron chi connectivity index (χ3n) is 2.49. The van der Waals surface area contributed by atoms with Crippen LogP contribution in [0.1, 0.15) is 13.8 Å². The van der Waals surface area contributed by atoms with Gasteiger partial charge in [0.15, 0.2) is 0 Å². The first-order valence-electron chi connectivity index (χ1n) is 4.65. The van der Waals surface area contributed by atoms with E-state index in [1.807, 2.05) is 0 Å². The fourth-order valence-electron chi connectivity index (χ4n) is 1.75. The Balaban J connectivity index is 2.89. The minimum absolute atomic E-state index is 0.289. The van der Waals surface area contributed by atoms with Gasteiger partial charge in [0.25, 0.3) is 0 Å². The summed E-state index contributed by atoms with van der Waals surface area (Å²) in [6, 6.07) is 0. The number of amides is 1. The molecule has 1 aliphatic rings. The predicted molar refractivity (Wildman–Crippen MR) is 53.5 cm³/mol. The van der Waals surface area contributed by atoms with Crippen LogP contribution in [-0.4, -0.2) is 42.3 Å². The highest BCUT2D eigenvalue weighted by Crippen LogP contribution is 2.31. The molecule has 0 saturated heterocycles. The van der Waals surface area contributed by atoms with Crippen molar-refractivity contribution in [2.45, 2.75) is 13.8 Å². The van der Waals surface area contributed by atoms with Crippen LogP contribution in [0.25, 0.3) is 0 Å². The lowest BCUT2D eigenvalue weighted by molar-refractivity contribution is -0.134. The van der Waals surface area contributed by atoms with Crippen LogP contribution in [0.4, 0.5) is 4.79 Å². The number of rotatable bonds is 1. The largest absolute Gasteiger partial charge is 0.478 e. The van der Waals surface area contributed by atoms with Crippen molar-refractivity contribution in [3.8, 4) is 0 Å². The molecule has 1 aliphatic heterocycles. The average molecular weight is 213 g/mol. The summed E-state index contributed by atoms with van der Waals surface area (Å²) in [5.41, 5.74) is -0.194. The van der Waals surface area contributed by atoms with E-state index in [0.29, 0.717) is 12.1 Å². The van der Waals surface area contributed by atoms with Gasteiger partial charge in [-0.3, -0.25) is 0 Å². The summed E-state index contributed by atoms with van der Waals surface area (Å²) < 4.78 is 4.59. The molecule has 0 spiro atoms. The number of carbonyl (C=O) groups is 2. The van der Waals surface area contributed by atoms with E-state index < -0.39 is 17.5 Å². The molecule has 1 N–H and O–H groups in total. The van der Waals surface area contributed by atoms with Crippen molar-refractivity contribution in [1.29, 1.82) is 0 Å². The first kappa shape index (κ1) is 11.6. The number of hydrogen-bond acceptors (Lipinski definition) is 3. The number of carboxylic acids is 1. The van der Waals surface area contributed by atoms with E-state index in [1.165, 1.54) is 12.0 Å². The molecule has 0 bridgehead atoms. The summed E-state index contributed by atoms with van der Waals surface area (Å²) in [5, 5.41) is 8.95. The second-order valence-corrected chi connectivity index (χ2v) is 4.16. The Morgan fingerprint density at radius 1 is 1.53 bits per heavy atom. The Labute approximate surface area is 88.3 Å². The maximum atomic E-state index is 11.3. The molecule has 1 heterocycles. The van der Waals surface area contributed by atoms with Gasteiger partial charge in [0.05, 0.1) is 7.11 Å². The minimum Gasteiger partial charge on any atom is -0.478 e. The Bertz CT molecular complexity index is 319. The van der Waals surface area contributed by atoms with Gasteiger partial charge in [0.2, 0.25) is 0 Å². The Morgan fingerprint density at radius 2 is 2.13 bits per heavy atom. The number of carboxylic acid groups (broad SMARTS) is 1. The third-order valence-corrected chi connectivity index (χ3v) is 2.49. The van der Waals surface area contributed by atoms with E-state index in [9.17, 15) is 9.59 Å². The lowest BCUT2D eigenvalue weighted by Crippen LogP contribution is -2.44. The molecular weight excluding hydrogens is 198 g/mol. The van der Waals surface area contributed by atoms with Crippen molar-refractivity contribution in [2.75, 3.05) is 20.2 Å². The topological polar surface area (TPSA) is 66.8 Å². The second-order valence-electron chi connectivity index (χ2n) is 4.16. The van der Waals surface area contributed by atoms with Crippen LogP contribution in [0, 0.1) is 5.41 Å². The van der Waals surface area contributed by atoms with Gasteiger partial charge in [-0.05, 0) is 0 Å². The second kappa shape index (κ2) is 3.92. The fraction of sp³-hybridized carbons (Fsp3) is 0.600. The zero-order valence-corrected chi connectivity index (χ0v) is 9.11. The average Bonchev–Trinajstić information content (AvgIpc) is 2.14. The van der Waals surface area contributed by atoms with Gasteiger partial charge in [0.1, 0.15) is 0 Å². The summed E-state index contributed by atoms with van der Waals surface area (Å²) in [6.07, 6.45) is 1.13. The molecule has 0 aromatic rings. The molecule has 15 heavy (non-hydrogen) atoms. The van der Waals surface area contributed by atoms with E-state index in [4.69, 9.17) is 5.11 Å². The van der Waals surface area contributed by atoms with Crippen LogP contribution < -0.4 is 0 Å². The Morgan fingerprint density at radius 3 is 2.53 bits per heavy atom. The van der Waals surface area contributed by atoms with Gasteiger partial charge in [-0.25, -0.2) is 9.59 Å². The first-order chi connectivity index (χ1) is 6.88. The standard InChI is InChI=1S/C10H15NO4/c1-10(2)6-11(9(14)15-3)5-4-7(10)8(12)13/h4H,5-6H2,1-3H3,(H,12,13). The summed E-state index contributed by atoms with van der Waals surface area (Å²) in [5.74, 6) is -0.926. The predicted octanol–water partition coefficient (Wildman–Crippen LogP) is 1.11. The molecule has 5 heteroatoms. The molecule has 0 aromatic heterocycles. The van der Waals surface area contributed by atoms with Gasteiger partial charge in [-0.2, -0.15) is 0 Å². The molecule has 0 unspecified atom stereocenters. The van der Waals surface area contributed by atoms with Crippen molar-refractivity contribution in [2.24, 2.45) is 5.41 Å². The normalized spacial score (nSPS) is 19.4. The van der Waals surface area contributed by atoms with Gasteiger partial charge < -0.3 is 14.7 Å². The van der Waals surface area contributed by atoms with E-state index in [1.54, 1.807) is 19.9 Å². The molecular formula is C10H15NO4. The number of ether oxygens (including phenoxy) is 1. The van der Waals surface area contributed by atoms with Crippen molar-refractivity contribution in [1.82, 2.24) is 4.90 Å². The van der Waals surface area contributed by atoms with Crippen molar-refractivity contribution in [3.63, 3.8) is 0 Å². The molecule has 84 valence electrons. The summed E-state index contributed by atoms with van der Waals surface area (Å²) >= 11 is 0. The monoisotopic (exact) mass is 213 g/mol. The first-order valence-corrected chi connectivity index (χ1v) is 4.65. The zero-order chi connectivity index (χ0) is 11.6. The molecule has 0 aliphatic carbocycles. The van der Waals surface area contributed by atoms with Crippen LogP contribution in [0.15, 0.2) is 11.6 Å². The Hall–Kier alpha value is -1.52. The number of carbonyl (C=O) groups excluding carboxylic acids is 1. The quantitative estimate of drug-likeness (QED) is 0.708. The summed E-state index contributed by atoms with van der Waals surface area (Å²) in [6.45, 7) is 4.24. The molecule has 0 fully saturated rings.